The minimum Gasteiger partial charge on any atom is -0.494 e. The molecule has 0 aliphatic rings. The number of carbonyl (C=O) groups excluding carboxylic acids is 1. The Hall–Kier alpha value is -3.36. The largest absolute Gasteiger partial charge is 0.494 e. The highest BCUT2D eigenvalue weighted by atomic mass is 35.5. The molecule has 0 aliphatic carbocycles. The van der Waals surface area contributed by atoms with Gasteiger partial charge in [-0.2, -0.15) is 5.10 Å². The second kappa shape index (κ2) is 11.2. The summed E-state index contributed by atoms with van der Waals surface area (Å²) < 4.78 is 33.4. The standard InChI is InChI=1S/C25H26ClN3O4S/c1-4-33-22-10-7-20(8-11-22)16-27-28-25(30)17-29(24-14-9-21(26)15-19(24)3)34(31,32)23-12-5-18(2)6-13-23/h5-16H,4,17H2,1-3H3,(H,28,30). The number of ether oxygens (including phenoxy) is 1. The molecule has 0 saturated carbocycles. The average molecular weight is 500 g/mol. The van der Waals surface area contributed by atoms with Gasteiger partial charge in [0.25, 0.3) is 15.9 Å². The summed E-state index contributed by atoms with van der Waals surface area (Å²) in [6.07, 6.45) is 1.47. The van der Waals surface area contributed by atoms with Crippen molar-refractivity contribution in [3.05, 3.63) is 88.4 Å². The van der Waals surface area contributed by atoms with Crippen LogP contribution in [0.1, 0.15) is 23.6 Å². The lowest BCUT2D eigenvalue weighted by atomic mass is 10.2. The van der Waals surface area contributed by atoms with Crippen LogP contribution in [-0.4, -0.2) is 33.7 Å². The predicted octanol–water partition coefficient (Wildman–Crippen LogP) is 4.70. The van der Waals surface area contributed by atoms with Crippen LogP contribution in [-0.2, 0) is 14.8 Å². The van der Waals surface area contributed by atoms with E-state index in [1.807, 2.05) is 13.8 Å². The number of hydrazone groups is 1. The lowest BCUT2D eigenvalue weighted by Crippen LogP contribution is -2.40. The number of amides is 1. The zero-order valence-electron chi connectivity index (χ0n) is 19.2. The smallest absolute Gasteiger partial charge is 0.264 e. The monoisotopic (exact) mass is 499 g/mol. The van der Waals surface area contributed by atoms with Gasteiger partial charge < -0.3 is 4.74 Å². The number of aryl methyl sites for hydroxylation is 2. The maximum Gasteiger partial charge on any atom is 0.264 e. The topological polar surface area (TPSA) is 88.1 Å². The first-order valence-electron chi connectivity index (χ1n) is 10.6. The van der Waals surface area contributed by atoms with Crippen molar-refractivity contribution in [3.63, 3.8) is 0 Å². The van der Waals surface area contributed by atoms with Gasteiger partial charge in [-0.15, -0.1) is 0 Å². The summed E-state index contributed by atoms with van der Waals surface area (Å²) in [6, 6.07) is 18.5. The van der Waals surface area contributed by atoms with E-state index in [1.54, 1.807) is 61.5 Å². The zero-order valence-corrected chi connectivity index (χ0v) is 20.7. The number of nitrogens with one attached hydrogen (secondary N) is 1. The number of sulfonamides is 1. The van der Waals surface area contributed by atoms with Crippen LogP contribution in [0.5, 0.6) is 5.75 Å². The number of hydrogen-bond acceptors (Lipinski definition) is 5. The van der Waals surface area contributed by atoms with E-state index in [-0.39, 0.29) is 4.90 Å². The van der Waals surface area contributed by atoms with Crippen LogP contribution >= 0.6 is 11.6 Å². The van der Waals surface area contributed by atoms with Crippen molar-refractivity contribution >= 4 is 39.4 Å². The van der Waals surface area contributed by atoms with Crippen LogP contribution in [0.3, 0.4) is 0 Å². The first-order chi connectivity index (χ1) is 16.2. The highest BCUT2D eigenvalue weighted by molar-refractivity contribution is 7.92. The van der Waals surface area contributed by atoms with Crippen molar-refractivity contribution < 1.29 is 17.9 Å². The fourth-order valence-electron chi connectivity index (χ4n) is 3.20. The number of anilines is 1. The van der Waals surface area contributed by atoms with E-state index in [1.165, 1.54) is 18.3 Å². The quantitative estimate of drug-likeness (QED) is 0.341. The second-order valence-corrected chi connectivity index (χ2v) is 9.85. The number of nitrogens with zero attached hydrogens (tertiary/aromatic N) is 2. The van der Waals surface area contributed by atoms with Crippen molar-refractivity contribution in [2.24, 2.45) is 5.10 Å². The number of hydrogen-bond donors (Lipinski definition) is 1. The molecule has 0 atom stereocenters. The van der Waals surface area contributed by atoms with Gasteiger partial charge in [-0.05, 0) is 86.5 Å². The molecule has 0 bridgehead atoms. The third-order valence-electron chi connectivity index (χ3n) is 4.92. The third-order valence-corrected chi connectivity index (χ3v) is 6.93. The molecule has 0 fully saturated rings. The molecule has 0 unspecified atom stereocenters. The van der Waals surface area contributed by atoms with Crippen molar-refractivity contribution in [2.45, 2.75) is 25.7 Å². The van der Waals surface area contributed by atoms with Gasteiger partial charge in [-0.1, -0.05) is 29.3 Å². The fraction of sp³-hybridized carbons (Fsp3) is 0.200. The fourth-order valence-corrected chi connectivity index (χ4v) is 4.91. The first-order valence-corrected chi connectivity index (χ1v) is 12.4. The van der Waals surface area contributed by atoms with Gasteiger partial charge in [0.2, 0.25) is 0 Å². The lowest BCUT2D eigenvalue weighted by Gasteiger charge is -2.25. The van der Waals surface area contributed by atoms with Gasteiger partial charge in [0.15, 0.2) is 0 Å². The van der Waals surface area contributed by atoms with Crippen LogP contribution in [0.2, 0.25) is 5.02 Å². The summed E-state index contributed by atoms with van der Waals surface area (Å²) in [4.78, 5) is 12.8. The maximum absolute atomic E-state index is 13.5. The van der Waals surface area contributed by atoms with Crippen molar-refractivity contribution in [1.29, 1.82) is 0 Å². The van der Waals surface area contributed by atoms with E-state index >= 15 is 0 Å². The zero-order chi connectivity index (χ0) is 24.7. The molecule has 3 rings (SSSR count). The Bertz CT molecular complexity index is 1270. The molecule has 0 heterocycles. The Kier molecular flexibility index (Phi) is 8.31. The SMILES string of the molecule is CCOc1ccc(C=NNC(=O)CN(c2ccc(Cl)cc2C)S(=O)(=O)c2ccc(C)cc2)cc1. The Morgan fingerprint density at radius 1 is 1.06 bits per heavy atom. The van der Waals surface area contributed by atoms with E-state index in [0.717, 1.165) is 21.2 Å². The normalized spacial score (nSPS) is 11.4. The molecular weight excluding hydrogens is 474 g/mol. The molecule has 0 aliphatic heterocycles. The van der Waals surface area contributed by atoms with Crippen molar-refractivity contribution in [2.75, 3.05) is 17.5 Å². The molecule has 178 valence electrons. The number of halogens is 1. The molecule has 0 radical (unpaired) electrons. The van der Waals surface area contributed by atoms with Gasteiger partial charge in [0.1, 0.15) is 12.3 Å². The molecule has 7 nitrogen and oxygen atoms in total. The van der Waals surface area contributed by atoms with E-state index in [4.69, 9.17) is 16.3 Å². The molecule has 1 amide bonds. The Morgan fingerprint density at radius 2 is 1.74 bits per heavy atom. The van der Waals surface area contributed by atoms with Crippen LogP contribution in [0.25, 0.3) is 0 Å². The predicted molar refractivity (Wildman–Crippen MR) is 135 cm³/mol. The van der Waals surface area contributed by atoms with Crippen LogP contribution in [0.15, 0.2) is 76.7 Å². The molecule has 3 aromatic carbocycles. The van der Waals surface area contributed by atoms with E-state index < -0.39 is 22.5 Å². The third kappa shape index (κ3) is 6.36. The van der Waals surface area contributed by atoms with Crippen molar-refractivity contribution in [3.8, 4) is 5.75 Å². The molecule has 1 N–H and O–H groups in total. The summed E-state index contributed by atoms with van der Waals surface area (Å²) in [5.74, 6) is 0.145. The first kappa shape index (κ1) is 25.3. The molecule has 0 saturated heterocycles. The van der Waals surface area contributed by atoms with E-state index in [9.17, 15) is 13.2 Å². The highest BCUT2D eigenvalue weighted by Crippen LogP contribution is 2.29. The minimum atomic E-state index is -4.03. The average Bonchev–Trinajstić information content (AvgIpc) is 2.79. The highest BCUT2D eigenvalue weighted by Gasteiger charge is 2.28. The van der Waals surface area contributed by atoms with Gasteiger partial charge in [0, 0.05) is 5.02 Å². The Balaban J connectivity index is 1.82. The molecule has 9 heteroatoms. The van der Waals surface area contributed by atoms with Crippen LogP contribution in [0, 0.1) is 13.8 Å². The Labute approximate surface area is 205 Å². The van der Waals surface area contributed by atoms with E-state index in [0.29, 0.717) is 22.9 Å². The molecular formula is C25H26ClN3O4S. The lowest BCUT2D eigenvalue weighted by molar-refractivity contribution is -0.119. The molecule has 34 heavy (non-hydrogen) atoms. The molecule has 3 aromatic rings. The summed E-state index contributed by atoms with van der Waals surface area (Å²) in [6.45, 7) is 5.62. The van der Waals surface area contributed by atoms with Gasteiger partial charge in [-0.3, -0.25) is 9.10 Å². The van der Waals surface area contributed by atoms with Gasteiger partial charge in [-0.25, -0.2) is 13.8 Å². The van der Waals surface area contributed by atoms with Crippen LogP contribution < -0.4 is 14.5 Å². The number of rotatable bonds is 9. The van der Waals surface area contributed by atoms with Crippen LogP contribution in [0.4, 0.5) is 5.69 Å². The summed E-state index contributed by atoms with van der Waals surface area (Å²) in [5, 5.41) is 4.43. The molecule has 0 aromatic heterocycles. The van der Waals surface area contributed by atoms with Gasteiger partial charge >= 0.3 is 0 Å². The van der Waals surface area contributed by atoms with E-state index in [2.05, 4.69) is 10.5 Å². The second-order valence-electron chi connectivity index (χ2n) is 7.55. The van der Waals surface area contributed by atoms with Crippen molar-refractivity contribution in [1.82, 2.24) is 5.43 Å². The minimum absolute atomic E-state index is 0.0816. The summed E-state index contributed by atoms with van der Waals surface area (Å²) in [7, 11) is -4.03. The Morgan fingerprint density at radius 3 is 2.35 bits per heavy atom. The summed E-state index contributed by atoms with van der Waals surface area (Å²) in [5.41, 5.74) is 5.05. The maximum atomic E-state index is 13.5. The summed E-state index contributed by atoms with van der Waals surface area (Å²) >= 11 is 6.06. The number of carbonyl (C=O) groups is 1. The van der Waals surface area contributed by atoms with Gasteiger partial charge in [0.05, 0.1) is 23.4 Å². The number of benzene rings is 3. The molecule has 0 spiro atoms.